The summed E-state index contributed by atoms with van der Waals surface area (Å²) < 4.78 is 13.4. The van der Waals surface area contributed by atoms with E-state index in [9.17, 15) is 24.0 Å². The van der Waals surface area contributed by atoms with Crippen molar-refractivity contribution in [2.45, 2.75) is 57.0 Å². The fraction of sp³-hybridized carbons (Fsp3) is 0.524. The van der Waals surface area contributed by atoms with E-state index >= 15 is 0 Å². The average molecular weight is 400 g/mol. The minimum Gasteiger partial charge on any atom is -0.336 e. The molecule has 1 heterocycles. The fourth-order valence-electron chi connectivity index (χ4n) is 3.81. The second kappa shape index (κ2) is 7.82. The van der Waals surface area contributed by atoms with Gasteiger partial charge in [0, 0.05) is 0 Å². The van der Waals surface area contributed by atoms with Crippen molar-refractivity contribution in [3.63, 3.8) is 0 Å². The lowest BCUT2D eigenvalue weighted by Gasteiger charge is -2.28. The van der Waals surface area contributed by atoms with Crippen molar-refractivity contribution in [1.29, 1.82) is 5.26 Å². The molecule has 0 radical (unpaired) electrons. The second-order valence-corrected chi connectivity index (χ2v) is 7.97. The van der Waals surface area contributed by atoms with E-state index in [1.54, 1.807) is 6.92 Å². The Morgan fingerprint density at radius 1 is 1.38 bits per heavy atom. The summed E-state index contributed by atoms with van der Waals surface area (Å²) in [6.45, 7) is 3.15. The van der Waals surface area contributed by atoms with Gasteiger partial charge in [-0.25, -0.2) is 9.18 Å². The number of imide groups is 1. The van der Waals surface area contributed by atoms with Crippen LogP contribution in [0, 0.1) is 23.1 Å². The van der Waals surface area contributed by atoms with Crippen LogP contribution in [0.4, 0.5) is 9.18 Å². The first-order chi connectivity index (χ1) is 13.8. The third kappa shape index (κ3) is 3.95. The van der Waals surface area contributed by atoms with Gasteiger partial charge in [-0.2, -0.15) is 5.26 Å². The van der Waals surface area contributed by atoms with Gasteiger partial charge in [-0.15, -0.1) is 0 Å². The van der Waals surface area contributed by atoms with Gasteiger partial charge in [0.05, 0.1) is 6.07 Å². The summed E-state index contributed by atoms with van der Waals surface area (Å²) in [5.74, 6) is -1.46. The first-order valence-corrected chi connectivity index (χ1v) is 9.88. The van der Waals surface area contributed by atoms with Gasteiger partial charge in [-0.05, 0) is 49.8 Å². The van der Waals surface area contributed by atoms with Crippen molar-refractivity contribution in [3.05, 3.63) is 35.6 Å². The molecule has 154 valence electrons. The minimum absolute atomic E-state index is 0.0856. The number of urea groups is 1. The van der Waals surface area contributed by atoms with Crippen LogP contribution in [0.2, 0.25) is 0 Å². The molecule has 0 bridgehead atoms. The smallest absolute Gasteiger partial charge is 0.325 e. The van der Waals surface area contributed by atoms with Crippen LogP contribution in [0.25, 0.3) is 0 Å². The molecule has 2 aliphatic rings. The number of carbonyl (C=O) groups is 3. The number of nitrogens with zero attached hydrogens (tertiary/aromatic N) is 2. The van der Waals surface area contributed by atoms with Gasteiger partial charge in [0.2, 0.25) is 5.91 Å². The molecule has 0 unspecified atom stereocenters. The van der Waals surface area contributed by atoms with Crippen molar-refractivity contribution in [1.82, 2.24) is 15.5 Å². The molecule has 2 N–H and O–H groups in total. The highest BCUT2D eigenvalue weighted by Gasteiger charge is 2.52. The molecule has 1 saturated carbocycles. The Kier molecular flexibility index (Phi) is 5.60. The molecule has 3 rings (SSSR count). The molecular weight excluding hydrogens is 375 g/mol. The molecule has 1 aliphatic carbocycles. The van der Waals surface area contributed by atoms with E-state index in [1.807, 2.05) is 6.92 Å². The van der Waals surface area contributed by atoms with Gasteiger partial charge >= 0.3 is 6.03 Å². The Hall–Kier alpha value is -2.95. The summed E-state index contributed by atoms with van der Waals surface area (Å²) in [5.41, 5.74) is -1.85. The Morgan fingerprint density at radius 3 is 2.59 bits per heavy atom. The SMILES string of the molecule is CCCC[C@@]1(c2ccc(F)cc2)NC(=O)N(CC(=O)N[C@](C)(C#N)C2CC2)C1=O. The maximum absolute atomic E-state index is 13.4. The third-order valence-corrected chi connectivity index (χ3v) is 5.74. The number of nitriles is 1. The van der Waals surface area contributed by atoms with E-state index in [0.29, 0.717) is 18.4 Å². The van der Waals surface area contributed by atoms with Crippen molar-refractivity contribution in [2.24, 2.45) is 5.92 Å². The number of halogens is 1. The number of rotatable bonds is 8. The number of carbonyl (C=O) groups excluding carboxylic acids is 3. The van der Waals surface area contributed by atoms with Gasteiger partial charge in [-0.1, -0.05) is 31.9 Å². The molecule has 1 aliphatic heterocycles. The van der Waals surface area contributed by atoms with Crippen molar-refractivity contribution < 1.29 is 18.8 Å². The normalized spacial score (nSPS) is 23.3. The molecular formula is C21H25FN4O3. The number of amides is 4. The molecule has 1 aromatic rings. The van der Waals surface area contributed by atoms with E-state index in [1.165, 1.54) is 24.3 Å². The van der Waals surface area contributed by atoms with E-state index in [4.69, 9.17) is 0 Å². The maximum atomic E-state index is 13.4. The maximum Gasteiger partial charge on any atom is 0.325 e. The quantitative estimate of drug-likeness (QED) is 0.655. The molecule has 1 aromatic carbocycles. The van der Waals surface area contributed by atoms with Gasteiger partial charge in [-0.3, -0.25) is 14.5 Å². The highest BCUT2D eigenvalue weighted by molar-refractivity contribution is 6.09. The van der Waals surface area contributed by atoms with Crippen LogP contribution >= 0.6 is 0 Å². The number of unbranched alkanes of at least 4 members (excludes halogenated alkanes) is 1. The number of benzene rings is 1. The summed E-state index contributed by atoms with van der Waals surface area (Å²) in [5, 5.41) is 14.8. The van der Waals surface area contributed by atoms with E-state index in [0.717, 1.165) is 24.2 Å². The Bertz CT molecular complexity index is 862. The third-order valence-electron chi connectivity index (χ3n) is 5.74. The molecule has 2 fully saturated rings. The van der Waals surface area contributed by atoms with Gasteiger partial charge in [0.1, 0.15) is 23.4 Å². The molecule has 1 saturated heterocycles. The zero-order valence-corrected chi connectivity index (χ0v) is 16.6. The number of nitrogens with one attached hydrogen (secondary N) is 2. The average Bonchev–Trinajstić information content (AvgIpc) is 3.52. The van der Waals surface area contributed by atoms with Crippen LogP contribution in [0.5, 0.6) is 0 Å². The zero-order chi connectivity index (χ0) is 21.2. The molecule has 29 heavy (non-hydrogen) atoms. The second-order valence-electron chi connectivity index (χ2n) is 7.97. The van der Waals surface area contributed by atoms with Crippen molar-refractivity contribution >= 4 is 17.8 Å². The number of hydrogen-bond donors (Lipinski definition) is 2. The highest BCUT2D eigenvalue weighted by atomic mass is 19.1. The van der Waals surface area contributed by atoms with Gasteiger partial charge < -0.3 is 10.6 Å². The molecule has 0 aromatic heterocycles. The summed E-state index contributed by atoms with van der Waals surface area (Å²) in [7, 11) is 0. The Labute approximate surface area is 169 Å². The lowest BCUT2D eigenvalue weighted by molar-refractivity contribution is -0.136. The van der Waals surface area contributed by atoms with Crippen LogP contribution in [-0.4, -0.2) is 34.8 Å². The van der Waals surface area contributed by atoms with Crippen LogP contribution < -0.4 is 10.6 Å². The van der Waals surface area contributed by atoms with Gasteiger partial charge in [0.15, 0.2) is 0 Å². The van der Waals surface area contributed by atoms with Crippen LogP contribution in [0.15, 0.2) is 24.3 Å². The van der Waals surface area contributed by atoms with Crippen LogP contribution in [0.3, 0.4) is 0 Å². The molecule has 2 atom stereocenters. The summed E-state index contributed by atoms with van der Waals surface area (Å²) in [6.07, 6.45) is 3.53. The first-order valence-electron chi connectivity index (χ1n) is 9.88. The van der Waals surface area contributed by atoms with E-state index in [-0.39, 0.29) is 5.92 Å². The van der Waals surface area contributed by atoms with E-state index in [2.05, 4.69) is 16.7 Å². The summed E-state index contributed by atoms with van der Waals surface area (Å²) >= 11 is 0. The molecule has 7 nitrogen and oxygen atoms in total. The molecule has 8 heteroatoms. The fourth-order valence-corrected chi connectivity index (χ4v) is 3.81. The molecule has 4 amide bonds. The monoisotopic (exact) mass is 400 g/mol. The van der Waals surface area contributed by atoms with E-state index < -0.39 is 41.3 Å². The van der Waals surface area contributed by atoms with Crippen LogP contribution in [-0.2, 0) is 15.1 Å². The summed E-state index contributed by atoms with van der Waals surface area (Å²) in [6, 6.07) is 6.89. The van der Waals surface area contributed by atoms with Gasteiger partial charge in [0.25, 0.3) is 5.91 Å². The zero-order valence-electron chi connectivity index (χ0n) is 16.6. The van der Waals surface area contributed by atoms with Crippen LogP contribution in [0.1, 0.15) is 51.5 Å². The summed E-state index contributed by atoms with van der Waals surface area (Å²) in [4.78, 5) is 39.2. The predicted molar refractivity (Wildman–Crippen MR) is 103 cm³/mol. The predicted octanol–water partition coefficient (Wildman–Crippen LogP) is 2.57. The standard InChI is InChI=1S/C21H25FN4O3/c1-3-4-11-21(15-7-9-16(22)10-8-15)18(28)26(19(29)25-21)12-17(27)24-20(2,13-23)14-5-6-14/h7-10,14H,3-6,11-12H2,1-2H3,(H,24,27)(H,25,29)/t20-,21+/m1/s1. The Morgan fingerprint density at radius 2 is 2.03 bits per heavy atom. The van der Waals surface area contributed by atoms with Crippen molar-refractivity contribution in [2.75, 3.05) is 6.54 Å². The largest absolute Gasteiger partial charge is 0.336 e. The topological polar surface area (TPSA) is 102 Å². The minimum atomic E-state index is -1.32. The highest BCUT2D eigenvalue weighted by Crippen LogP contribution is 2.39. The number of hydrogen-bond acceptors (Lipinski definition) is 4. The lowest BCUT2D eigenvalue weighted by atomic mass is 9.85. The lowest BCUT2D eigenvalue weighted by Crippen LogP contribution is -2.51. The Balaban J connectivity index is 1.81. The molecule has 0 spiro atoms. The first kappa shape index (κ1) is 20.8. The van der Waals surface area contributed by atoms with Crippen molar-refractivity contribution in [3.8, 4) is 6.07 Å².